The van der Waals surface area contributed by atoms with Crippen molar-refractivity contribution < 1.29 is 4.39 Å². The number of H-pyrrole nitrogens is 2. The summed E-state index contributed by atoms with van der Waals surface area (Å²) in [6, 6.07) is 7.99. The first-order valence-corrected chi connectivity index (χ1v) is 7.54. The van der Waals surface area contributed by atoms with Crippen molar-refractivity contribution in [3.63, 3.8) is 0 Å². The monoisotopic (exact) mass is 322 g/mol. The highest BCUT2D eigenvalue weighted by molar-refractivity contribution is 5.77. The molecule has 0 radical (unpaired) electrons. The van der Waals surface area contributed by atoms with E-state index < -0.39 is 0 Å². The summed E-state index contributed by atoms with van der Waals surface area (Å²) in [7, 11) is 0. The number of fused-ring (bicyclic) bond motifs is 1. The highest BCUT2D eigenvalue weighted by Crippen LogP contribution is 2.22. The molecule has 1 atom stereocenters. The summed E-state index contributed by atoms with van der Waals surface area (Å²) in [4.78, 5) is 12.1. The average molecular weight is 322 g/mol. The van der Waals surface area contributed by atoms with Crippen molar-refractivity contribution in [3.05, 3.63) is 66.1 Å². The number of hydrogen-bond acceptors (Lipinski definition) is 4. The SMILES string of the molecule is N[C@H](Cc1cccc(F)c1)c1nc2cc(-c3cn[nH]c3)cnc2[nH]1. The molecule has 3 heterocycles. The van der Waals surface area contributed by atoms with E-state index in [1.165, 1.54) is 12.1 Å². The Bertz CT molecular complexity index is 976. The van der Waals surface area contributed by atoms with Crippen LogP contribution in [0.2, 0.25) is 0 Å². The lowest BCUT2D eigenvalue weighted by Crippen LogP contribution is -2.15. The van der Waals surface area contributed by atoms with E-state index >= 15 is 0 Å². The first-order valence-electron chi connectivity index (χ1n) is 7.54. The van der Waals surface area contributed by atoms with E-state index in [4.69, 9.17) is 5.73 Å². The van der Waals surface area contributed by atoms with Crippen molar-refractivity contribution in [1.82, 2.24) is 25.1 Å². The molecule has 0 bridgehead atoms. The fourth-order valence-electron chi connectivity index (χ4n) is 2.67. The van der Waals surface area contributed by atoms with Gasteiger partial charge in [0.15, 0.2) is 5.65 Å². The zero-order valence-corrected chi connectivity index (χ0v) is 12.7. The molecule has 0 aliphatic rings. The summed E-state index contributed by atoms with van der Waals surface area (Å²) in [5.74, 6) is 0.363. The lowest BCUT2D eigenvalue weighted by Gasteiger charge is -2.08. The highest BCUT2D eigenvalue weighted by Gasteiger charge is 2.14. The fourth-order valence-corrected chi connectivity index (χ4v) is 2.67. The maximum atomic E-state index is 13.3. The number of nitrogens with zero attached hydrogens (tertiary/aromatic N) is 3. The minimum Gasteiger partial charge on any atom is -0.325 e. The second kappa shape index (κ2) is 5.86. The van der Waals surface area contributed by atoms with Gasteiger partial charge in [0.05, 0.1) is 12.2 Å². The Morgan fingerprint density at radius 3 is 2.88 bits per heavy atom. The molecule has 0 saturated carbocycles. The van der Waals surface area contributed by atoms with Gasteiger partial charge in [-0.05, 0) is 30.2 Å². The van der Waals surface area contributed by atoms with Crippen molar-refractivity contribution in [2.45, 2.75) is 12.5 Å². The first kappa shape index (κ1) is 14.5. The number of aromatic amines is 2. The topological polar surface area (TPSA) is 96.3 Å². The second-order valence-electron chi connectivity index (χ2n) is 5.64. The Morgan fingerprint density at radius 1 is 1.17 bits per heavy atom. The molecule has 0 spiro atoms. The van der Waals surface area contributed by atoms with Gasteiger partial charge in [-0.25, -0.2) is 14.4 Å². The van der Waals surface area contributed by atoms with Crippen LogP contribution >= 0.6 is 0 Å². The summed E-state index contributed by atoms with van der Waals surface area (Å²) in [6.45, 7) is 0. The molecule has 6 nitrogen and oxygen atoms in total. The zero-order valence-electron chi connectivity index (χ0n) is 12.7. The van der Waals surface area contributed by atoms with E-state index in [0.717, 1.165) is 22.2 Å². The van der Waals surface area contributed by atoms with E-state index in [1.807, 2.05) is 12.1 Å². The van der Waals surface area contributed by atoms with E-state index in [2.05, 4.69) is 25.1 Å². The van der Waals surface area contributed by atoms with Crippen LogP contribution in [0.15, 0.2) is 48.9 Å². The van der Waals surface area contributed by atoms with E-state index in [0.29, 0.717) is 17.9 Å². The number of imidazole rings is 1. The summed E-state index contributed by atoms with van der Waals surface area (Å²) in [5, 5.41) is 6.71. The summed E-state index contributed by atoms with van der Waals surface area (Å²) in [5.41, 5.74) is 10.3. The van der Waals surface area contributed by atoms with Crippen molar-refractivity contribution in [2.24, 2.45) is 5.73 Å². The van der Waals surface area contributed by atoms with E-state index in [-0.39, 0.29) is 11.9 Å². The number of aromatic nitrogens is 5. The molecular weight excluding hydrogens is 307 g/mol. The van der Waals surface area contributed by atoms with E-state index in [1.54, 1.807) is 24.7 Å². The number of hydrogen-bond donors (Lipinski definition) is 3. The van der Waals surface area contributed by atoms with Gasteiger partial charge < -0.3 is 10.7 Å². The summed E-state index contributed by atoms with van der Waals surface area (Å²) < 4.78 is 13.3. The molecule has 0 unspecified atom stereocenters. The predicted molar refractivity (Wildman–Crippen MR) is 88.5 cm³/mol. The predicted octanol–water partition coefficient (Wildman–Crippen LogP) is 2.73. The van der Waals surface area contributed by atoms with Gasteiger partial charge in [-0.2, -0.15) is 5.10 Å². The molecule has 4 rings (SSSR count). The number of nitrogens with two attached hydrogens (primary N) is 1. The molecule has 4 aromatic rings. The summed E-state index contributed by atoms with van der Waals surface area (Å²) in [6.07, 6.45) is 5.78. The molecule has 4 N–H and O–H groups in total. The van der Waals surface area contributed by atoms with Crippen LogP contribution < -0.4 is 5.73 Å². The van der Waals surface area contributed by atoms with Gasteiger partial charge in [-0.1, -0.05) is 12.1 Å². The van der Waals surface area contributed by atoms with Crippen molar-refractivity contribution >= 4 is 11.2 Å². The van der Waals surface area contributed by atoms with Crippen LogP contribution in [0.4, 0.5) is 4.39 Å². The van der Waals surface area contributed by atoms with Crippen molar-refractivity contribution in [1.29, 1.82) is 0 Å². The molecule has 1 aromatic carbocycles. The van der Waals surface area contributed by atoms with Crippen LogP contribution in [-0.2, 0) is 6.42 Å². The Morgan fingerprint density at radius 2 is 2.08 bits per heavy atom. The van der Waals surface area contributed by atoms with Gasteiger partial charge in [0, 0.05) is 23.5 Å². The largest absolute Gasteiger partial charge is 0.325 e. The molecule has 0 saturated heterocycles. The smallest absolute Gasteiger partial charge is 0.157 e. The molecule has 24 heavy (non-hydrogen) atoms. The van der Waals surface area contributed by atoms with Crippen LogP contribution in [0.25, 0.3) is 22.3 Å². The molecule has 3 aromatic heterocycles. The van der Waals surface area contributed by atoms with Crippen LogP contribution in [-0.4, -0.2) is 25.1 Å². The van der Waals surface area contributed by atoms with Crippen LogP contribution in [0.3, 0.4) is 0 Å². The maximum absolute atomic E-state index is 13.3. The van der Waals surface area contributed by atoms with E-state index in [9.17, 15) is 4.39 Å². The molecule has 120 valence electrons. The normalized spacial score (nSPS) is 12.6. The number of pyridine rings is 1. The Labute approximate surface area is 137 Å². The van der Waals surface area contributed by atoms with Gasteiger partial charge in [-0.15, -0.1) is 0 Å². The molecule has 0 fully saturated rings. The van der Waals surface area contributed by atoms with Gasteiger partial charge in [-0.3, -0.25) is 5.10 Å². The Hall–Kier alpha value is -3.06. The van der Waals surface area contributed by atoms with Gasteiger partial charge in [0.1, 0.15) is 17.2 Å². The third-order valence-corrected chi connectivity index (χ3v) is 3.88. The molecular formula is C17H15FN6. The van der Waals surface area contributed by atoms with Gasteiger partial charge >= 0.3 is 0 Å². The van der Waals surface area contributed by atoms with Crippen LogP contribution in [0.1, 0.15) is 17.4 Å². The third-order valence-electron chi connectivity index (χ3n) is 3.88. The number of benzene rings is 1. The fraction of sp³-hybridized carbons (Fsp3) is 0.118. The Kier molecular flexibility index (Phi) is 3.55. The number of rotatable bonds is 4. The van der Waals surface area contributed by atoms with Crippen molar-refractivity contribution in [2.75, 3.05) is 0 Å². The number of halogens is 1. The van der Waals surface area contributed by atoms with Gasteiger partial charge in [0.2, 0.25) is 0 Å². The molecule has 0 amide bonds. The zero-order chi connectivity index (χ0) is 16.5. The minimum absolute atomic E-state index is 0.268. The third kappa shape index (κ3) is 2.77. The Balaban J connectivity index is 1.62. The lowest BCUT2D eigenvalue weighted by atomic mass is 10.1. The number of nitrogens with one attached hydrogen (secondary N) is 2. The standard InChI is InChI=1S/C17H15FN6/c18-13-3-1-2-10(4-13)5-14(19)16-23-15-6-11(7-20-17(15)24-16)12-8-21-22-9-12/h1-4,6-9,14H,5,19H2,(H,21,22)(H,20,23,24)/t14-/m1/s1. The molecule has 0 aliphatic carbocycles. The minimum atomic E-state index is -0.363. The van der Waals surface area contributed by atoms with Gasteiger partial charge in [0.25, 0.3) is 0 Å². The highest BCUT2D eigenvalue weighted by atomic mass is 19.1. The first-order chi connectivity index (χ1) is 11.7. The van der Waals surface area contributed by atoms with Crippen LogP contribution in [0.5, 0.6) is 0 Å². The average Bonchev–Trinajstić information content (AvgIpc) is 3.23. The second-order valence-corrected chi connectivity index (χ2v) is 5.64. The summed E-state index contributed by atoms with van der Waals surface area (Å²) >= 11 is 0. The molecule has 7 heteroatoms. The maximum Gasteiger partial charge on any atom is 0.157 e. The molecule has 0 aliphatic heterocycles. The quantitative estimate of drug-likeness (QED) is 0.538. The van der Waals surface area contributed by atoms with Crippen molar-refractivity contribution in [3.8, 4) is 11.1 Å². The van der Waals surface area contributed by atoms with Crippen LogP contribution in [0, 0.1) is 5.82 Å². The lowest BCUT2D eigenvalue weighted by molar-refractivity contribution is 0.619.